The lowest BCUT2D eigenvalue weighted by molar-refractivity contribution is 0.415. The lowest BCUT2D eigenvalue weighted by Gasteiger charge is -2.37. The first-order valence-corrected chi connectivity index (χ1v) is 8.37. The molecule has 1 saturated heterocycles. The van der Waals surface area contributed by atoms with E-state index in [0.717, 1.165) is 37.6 Å². The smallest absolute Gasteiger partial charge is 0.168 e. The van der Waals surface area contributed by atoms with Crippen molar-refractivity contribution in [1.82, 2.24) is 0 Å². The Morgan fingerprint density at radius 3 is 1.79 bits per heavy atom. The lowest BCUT2D eigenvalue weighted by atomic mass is 10.2. The zero-order valence-corrected chi connectivity index (χ0v) is 14.6. The van der Waals surface area contributed by atoms with Gasteiger partial charge in [0.05, 0.1) is 7.11 Å². The Morgan fingerprint density at radius 2 is 1.38 bits per heavy atom. The van der Waals surface area contributed by atoms with Crippen molar-refractivity contribution in [1.29, 1.82) is 0 Å². The zero-order valence-electron chi connectivity index (χ0n) is 13.7. The second kappa shape index (κ2) is 7.40. The molecule has 5 nitrogen and oxygen atoms in total. The van der Waals surface area contributed by atoms with Gasteiger partial charge in [0.25, 0.3) is 0 Å². The molecule has 0 aliphatic carbocycles. The van der Waals surface area contributed by atoms with Gasteiger partial charge in [0.1, 0.15) is 5.75 Å². The third kappa shape index (κ3) is 3.89. The van der Waals surface area contributed by atoms with Crippen molar-refractivity contribution in [2.24, 2.45) is 5.73 Å². The number of hydrogen-bond acceptors (Lipinski definition) is 4. The Kier molecular flexibility index (Phi) is 5.05. The summed E-state index contributed by atoms with van der Waals surface area (Å²) in [7, 11) is 1.69. The number of piperazine rings is 1. The van der Waals surface area contributed by atoms with Gasteiger partial charge in [-0.05, 0) is 60.7 Å². The van der Waals surface area contributed by atoms with Crippen LogP contribution < -0.4 is 25.6 Å². The van der Waals surface area contributed by atoms with Crippen LogP contribution in [-0.2, 0) is 0 Å². The quantitative estimate of drug-likeness (QED) is 0.833. The van der Waals surface area contributed by atoms with Gasteiger partial charge in [-0.3, -0.25) is 0 Å². The minimum Gasteiger partial charge on any atom is -0.497 e. The molecule has 3 rings (SSSR count). The normalized spacial score (nSPS) is 14.4. The largest absolute Gasteiger partial charge is 0.497 e. The average molecular weight is 342 g/mol. The monoisotopic (exact) mass is 342 g/mol. The third-order valence-electron chi connectivity index (χ3n) is 4.22. The highest BCUT2D eigenvalue weighted by Crippen LogP contribution is 2.23. The Hall–Kier alpha value is -2.47. The van der Waals surface area contributed by atoms with E-state index in [1.165, 1.54) is 11.4 Å². The average Bonchev–Trinajstić information content (AvgIpc) is 2.62. The van der Waals surface area contributed by atoms with Gasteiger partial charge in [0.2, 0.25) is 0 Å². The maximum absolute atomic E-state index is 5.49. The molecule has 6 heteroatoms. The second-order valence-corrected chi connectivity index (χ2v) is 6.15. The number of nitrogens with two attached hydrogens (primary N) is 1. The molecule has 126 valence electrons. The standard InChI is InChI=1S/C18H22N4OS/c1-23-17-8-6-16(7-9-17)22-12-10-21(11-13-22)15-4-2-14(3-5-15)20-18(19)24/h2-9H,10-13H2,1H3,(H3,19,20,24). The Morgan fingerprint density at radius 1 is 0.917 bits per heavy atom. The van der Waals surface area contributed by atoms with Crippen LogP contribution in [0.5, 0.6) is 5.75 Å². The number of anilines is 3. The van der Waals surface area contributed by atoms with E-state index in [9.17, 15) is 0 Å². The van der Waals surface area contributed by atoms with Crippen molar-refractivity contribution >= 4 is 34.4 Å². The van der Waals surface area contributed by atoms with Crippen molar-refractivity contribution in [3.8, 4) is 5.75 Å². The summed E-state index contributed by atoms with van der Waals surface area (Å²) in [5.41, 5.74) is 8.87. The fraction of sp³-hybridized carbons (Fsp3) is 0.278. The number of nitrogens with one attached hydrogen (secondary N) is 1. The first-order valence-electron chi connectivity index (χ1n) is 7.96. The fourth-order valence-corrected chi connectivity index (χ4v) is 3.03. The summed E-state index contributed by atoms with van der Waals surface area (Å²) in [6, 6.07) is 16.5. The number of hydrogen-bond donors (Lipinski definition) is 2. The predicted octanol–water partition coefficient (Wildman–Crippen LogP) is 2.68. The van der Waals surface area contributed by atoms with Gasteiger partial charge in [-0.2, -0.15) is 0 Å². The molecule has 3 N–H and O–H groups in total. The predicted molar refractivity (Wildman–Crippen MR) is 104 cm³/mol. The maximum Gasteiger partial charge on any atom is 0.168 e. The molecule has 0 saturated carbocycles. The molecule has 0 unspecified atom stereocenters. The van der Waals surface area contributed by atoms with Crippen molar-refractivity contribution < 1.29 is 4.74 Å². The first kappa shape index (κ1) is 16.4. The minimum atomic E-state index is 0.288. The molecule has 0 radical (unpaired) electrons. The van der Waals surface area contributed by atoms with E-state index in [0.29, 0.717) is 0 Å². The Balaban J connectivity index is 1.58. The van der Waals surface area contributed by atoms with Crippen LogP contribution in [0.3, 0.4) is 0 Å². The van der Waals surface area contributed by atoms with Crippen LogP contribution >= 0.6 is 12.2 Å². The van der Waals surface area contributed by atoms with Crippen molar-refractivity contribution in [2.45, 2.75) is 0 Å². The van der Waals surface area contributed by atoms with Gasteiger partial charge < -0.3 is 25.6 Å². The summed E-state index contributed by atoms with van der Waals surface area (Å²) in [5.74, 6) is 0.892. The molecular formula is C18H22N4OS. The van der Waals surface area contributed by atoms with Gasteiger partial charge in [0, 0.05) is 43.2 Å². The number of methoxy groups -OCH3 is 1. The maximum atomic E-state index is 5.49. The summed E-state index contributed by atoms with van der Waals surface area (Å²) in [4.78, 5) is 4.79. The molecule has 1 aliphatic rings. The van der Waals surface area contributed by atoms with Crippen LogP contribution in [-0.4, -0.2) is 38.4 Å². The highest BCUT2D eigenvalue weighted by molar-refractivity contribution is 7.80. The number of nitrogens with zero attached hydrogens (tertiary/aromatic N) is 2. The van der Waals surface area contributed by atoms with Crippen LogP contribution in [0.2, 0.25) is 0 Å². The molecule has 0 amide bonds. The Bertz CT molecular complexity index is 679. The topological polar surface area (TPSA) is 53.8 Å². The van der Waals surface area contributed by atoms with Crippen LogP contribution in [0, 0.1) is 0 Å². The molecular weight excluding hydrogens is 320 g/mol. The molecule has 24 heavy (non-hydrogen) atoms. The van der Waals surface area contributed by atoms with Crippen LogP contribution in [0.25, 0.3) is 0 Å². The zero-order chi connectivity index (χ0) is 16.9. The van der Waals surface area contributed by atoms with E-state index in [-0.39, 0.29) is 5.11 Å². The van der Waals surface area contributed by atoms with Crippen molar-refractivity contribution in [3.05, 3.63) is 48.5 Å². The van der Waals surface area contributed by atoms with E-state index >= 15 is 0 Å². The van der Waals surface area contributed by atoms with E-state index in [2.05, 4.69) is 39.4 Å². The van der Waals surface area contributed by atoms with Gasteiger partial charge in [0.15, 0.2) is 5.11 Å². The van der Waals surface area contributed by atoms with Crippen LogP contribution in [0.4, 0.5) is 17.1 Å². The molecule has 2 aromatic rings. The molecule has 2 aromatic carbocycles. The molecule has 1 aliphatic heterocycles. The fourth-order valence-electron chi connectivity index (χ4n) is 2.91. The molecule has 0 bridgehead atoms. The summed E-state index contributed by atoms with van der Waals surface area (Å²) in [6.45, 7) is 3.99. The number of ether oxygens (including phenoxy) is 1. The number of rotatable bonds is 4. The van der Waals surface area contributed by atoms with E-state index in [1.807, 2.05) is 24.3 Å². The Labute approximate surface area is 148 Å². The van der Waals surface area contributed by atoms with Gasteiger partial charge in [-0.15, -0.1) is 0 Å². The SMILES string of the molecule is COc1ccc(N2CCN(c3ccc(NC(N)=S)cc3)CC2)cc1. The van der Waals surface area contributed by atoms with Crippen LogP contribution in [0.1, 0.15) is 0 Å². The molecule has 1 heterocycles. The summed E-state index contributed by atoms with van der Waals surface area (Å²) in [5, 5.41) is 3.23. The first-order chi connectivity index (χ1) is 11.7. The molecule has 0 aromatic heterocycles. The summed E-state index contributed by atoms with van der Waals surface area (Å²) < 4.78 is 5.22. The number of benzene rings is 2. The van der Waals surface area contributed by atoms with E-state index in [4.69, 9.17) is 22.7 Å². The van der Waals surface area contributed by atoms with Gasteiger partial charge in [-0.25, -0.2) is 0 Å². The molecule has 1 fully saturated rings. The summed E-state index contributed by atoms with van der Waals surface area (Å²) >= 11 is 4.85. The second-order valence-electron chi connectivity index (χ2n) is 5.71. The summed E-state index contributed by atoms with van der Waals surface area (Å²) in [6.07, 6.45) is 0. The highest BCUT2D eigenvalue weighted by atomic mass is 32.1. The highest BCUT2D eigenvalue weighted by Gasteiger charge is 2.17. The molecule has 0 atom stereocenters. The lowest BCUT2D eigenvalue weighted by Crippen LogP contribution is -2.46. The molecule has 0 spiro atoms. The van der Waals surface area contributed by atoms with Crippen molar-refractivity contribution in [2.75, 3.05) is 48.4 Å². The van der Waals surface area contributed by atoms with Gasteiger partial charge in [-0.1, -0.05) is 0 Å². The van der Waals surface area contributed by atoms with Crippen LogP contribution in [0.15, 0.2) is 48.5 Å². The van der Waals surface area contributed by atoms with Crippen molar-refractivity contribution in [3.63, 3.8) is 0 Å². The third-order valence-corrected chi connectivity index (χ3v) is 4.32. The minimum absolute atomic E-state index is 0.288. The number of thiocarbonyl (C=S) groups is 1. The van der Waals surface area contributed by atoms with Gasteiger partial charge >= 0.3 is 0 Å². The van der Waals surface area contributed by atoms with E-state index < -0.39 is 0 Å². The van der Waals surface area contributed by atoms with E-state index in [1.54, 1.807) is 7.11 Å².